The average molecular weight is 392 g/mol. The third-order valence-corrected chi connectivity index (χ3v) is 4.38. The SMILES string of the molecule is CN=CC(=CN)Nc1ncc(Cl)c(NCc2ccccc2SN(C)C)n1. The van der Waals surface area contributed by atoms with Crippen molar-refractivity contribution in [2.45, 2.75) is 11.4 Å². The second kappa shape index (κ2) is 10.0. The summed E-state index contributed by atoms with van der Waals surface area (Å²) in [5.41, 5.74) is 7.29. The summed E-state index contributed by atoms with van der Waals surface area (Å²) in [6.07, 6.45) is 4.52. The number of allylic oxidation sites excluding steroid dienone is 1. The van der Waals surface area contributed by atoms with Gasteiger partial charge in [0, 0.05) is 30.9 Å². The lowest BCUT2D eigenvalue weighted by molar-refractivity contribution is 0.701. The normalized spacial score (nSPS) is 12.0. The maximum atomic E-state index is 6.22. The van der Waals surface area contributed by atoms with E-state index < -0.39 is 0 Å². The Balaban J connectivity index is 2.14. The highest BCUT2D eigenvalue weighted by atomic mass is 35.5. The number of anilines is 2. The molecule has 2 rings (SSSR count). The minimum absolute atomic E-state index is 0.379. The molecule has 0 radical (unpaired) electrons. The monoisotopic (exact) mass is 391 g/mol. The molecule has 1 aromatic heterocycles. The zero-order chi connectivity index (χ0) is 18.9. The van der Waals surface area contributed by atoms with Gasteiger partial charge >= 0.3 is 0 Å². The van der Waals surface area contributed by atoms with E-state index in [0.717, 1.165) is 5.56 Å². The van der Waals surface area contributed by atoms with Gasteiger partial charge in [-0.05, 0) is 37.7 Å². The maximum absolute atomic E-state index is 6.22. The molecule has 0 spiro atoms. The van der Waals surface area contributed by atoms with Gasteiger partial charge in [-0.2, -0.15) is 4.98 Å². The van der Waals surface area contributed by atoms with Crippen molar-refractivity contribution >= 4 is 41.5 Å². The number of hydrogen-bond donors (Lipinski definition) is 3. The fourth-order valence-corrected chi connectivity index (χ4v) is 3.00. The molecule has 0 bridgehead atoms. The Bertz CT molecular complexity index is 792. The first kappa shape index (κ1) is 20.0. The molecule has 1 aromatic carbocycles. The summed E-state index contributed by atoms with van der Waals surface area (Å²) in [5, 5.41) is 6.70. The maximum Gasteiger partial charge on any atom is 0.229 e. The number of aromatic nitrogens is 2. The van der Waals surface area contributed by atoms with Gasteiger partial charge < -0.3 is 16.4 Å². The Labute approximate surface area is 162 Å². The van der Waals surface area contributed by atoms with Gasteiger partial charge in [-0.3, -0.25) is 9.30 Å². The summed E-state index contributed by atoms with van der Waals surface area (Å²) in [4.78, 5) is 13.6. The summed E-state index contributed by atoms with van der Waals surface area (Å²) in [7, 11) is 5.68. The molecule has 4 N–H and O–H groups in total. The molecule has 0 aliphatic rings. The van der Waals surface area contributed by atoms with Crippen LogP contribution in [0.3, 0.4) is 0 Å². The molecule has 0 unspecified atom stereocenters. The average Bonchev–Trinajstić information content (AvgIpc) is 2.62. The number of nitrogens with two attached hydrogens (primary N) is 1. The lowest BCUT2D eigenvalue weighted by Crippen LogP contribution is -2.10. The van der Waals surface area contributed by atoms with E-state index in [0.29, 0.717) is 29.0 Å². The van der Waals surface area contributed by atoms with Crippen LogP contribution in [-0.2, 0) is 6.54 Å². The molecule has 26 heavy (non-hydrogen) atoms. The Morgan fingerprint density at radius 1 is 1.38 bits per heavy atom. The molecule has 0 saturated heterocycles. The number of nitrogens with zero attached hydrogens (tertiary/aromatic N) is 4. The zero-order valence-electron chi connectivity index (χ0n) is 14.9. The minimum Gasteiger partial charge on any atom is -0.403 e. The van der Waals surface area contributed by atoms with Gasteiger partial charge in [0.1, 0.15) is 5.02 Å². The molecule has 0 atom stereocenters. The van der Waals surface area contributed by atoms with Crippen LogP contribution in [0.1, 0.15) is 5.56 Å². The molecule has 1 heterocycles. The van der Waals surface area contributed by atoms with E-state index in [1.165, 1.54) is 17.3 Å². The standard InChI is InChI=1S/C17H22ClN7S/c1-20-10-13(8-19)23-17-22-11-14(18)16(24-17)21-9-12-6-4-5-7-15(12)26-25(2)3/h4-8,10-11H,9,19H2,1-3H3,(H2,21,22,23,24). The number of aliphatic imine (C=N–C) groups is 1. The molecule has 7 nitrogen and oxygen atoms in total. The van der Waals surface area contributed by atoms with Gasteiger partial charge in [0.15, 0.2) is 5.82 Å². The van der Waals surface area contributed by atoms with Crippen LogP contribution in [0.4, 0.5) is 11.8 Å². The summed E-state index contributed by atoms with van der Waals surface area (Å²) in [6, 6.07) is 8.18. The van der Waals surface area contributed by atoms with E-state index in [9.17, 15) is 0 Å². The summed E-state index contributed by atoms with van der Waals surface area (Å²) in [6.45, 7) is 0.586. The second-order valence-corrected chi connectivity index (χ2v) is 7.15. The fraction of sp³-hybridized carbons (Fsp3) is 0.235. The highest BCUT2D eigenvalue weighted by molar-refractivity contribution is 7.97. The summed E-state index contributed by atoms with van der Waals surface area (Å²) < 4.78 is 2.05. The van der Waals surface area contributed by atoms with Crippen LogP contribution in [0.2, 0.25) is 5.02 Å². The molecule has 2 aromatic rings. The van der Waals surface area contributed by atoms with Crippen molar-refractivity contribution in [1.82, 2.24) is 14.3 Å². The second-order valence-electron chi connectivity index (χ2n) is 5.39. The highest BCUT2D eigenvalue weighted by Crippen LogP contribution is 2.26. The van der Waals surface area contributed by atoms with Crippen molar-refractivity contribution < 1.29 is 0 Å². The molecular formula is C17H22ClN7S. The van der Waals surface area contributed by atoms with Crippen molar-refractivity contribution in [2.24, 2.45) is 10.7 Å². The predicted octanol–water partition coefficient (Wildman–Crippen LogP) is 3.22. The quantitative estimate of drug-likeness (QED) is 0.470. The summed E-state index contributed by atoms with van der Waals surface area (Å²) in [5.74, 6) is 0.920. The number of benzene rings is 1. The number of hydrogen-bond acceptors (Lipinski definition) is 8. The van der Waals surface area contributed by atoms with Gasteiger partial charge in [-0.25, -0.2) is 4.98 Å². The van der Waals surface area contributed by atoms with Crippen molar-refractivity contribution in [3.05, 3.63) is 52.9 Å². The first-order valence-electron chi connectivity index (χ1n) is 7.84. The third-order valence-electron chi connectivity index (χ3n) is 3.15. The number of halogens is 1. The molecular weight excluding hydrogens is 370 g/mol. The van der Waals surface area contributed by atoms with E-state index in [4.69, 9.17) is 17.3 Å². The van der Waals surface area contributed by atoms with E-state index in [1.54, 1.807) is 25.2 Å². The van der Waals surface area contributed by atoms with Crippen LogP contribution in [0.25, 0.3) is 0 Å². The van der Waals surface area contributed by atoms with Crippen LogP contribution in [0.5, 0.6) is 0 Å². The number of nitrogens with one attached hydrogen (secondary N) is 2. The van der Waals surface area contributed by atoms with Crippen molar-refractivity contribution in [2.75, 3.05) is 31.8 Å². The molecule has 0 aliphatic heterocycles. The van der Waals surface area contributed by atoms with Gasteiger partial charge in [-0.15, -0.1) is 0 Å². The fourth-order valence-electron chi connectivity index (χ4n) is 2.05. The Kier molecular flexibility index (Phi) is 7.71. The zero-order valence-corrected chi connectivity index (χ0v) is 16.5. The van der Waals surface area contributed by atoms with Crippen molar-refractivity contribution in [3.63, 3.8) is 0 Å². The van der Waals surface area contributed by atoms with Crippen LogP contribution in [-0.4, -0.2) is 41.6 Å². The highest BCUT2D eigenvalue weighted by Gasteiger charge is 2.09. The molecule has 0 amide bonds. The Morgan fingerprint density at radius 2 is 2.15 bits per heavy atom. The minimum atomic E-state index is 0.379. The molecule has 0 fully saturated rings. The van der Waals surface area contributed by atoms with E-state index in [-0.39, 0.29) is 0 Å². The molecule has 0 saturated carbocycles. The lowest BCUT2D eigenvalue weighted by atomic mass is 10.2. The molecule has 9 heteroatoms. The van der Waals surface area contributed by atoms with Crippen LogP contribution in [0, 0.1) is 0 Å². The lowest BCUT2D eigenvalue weighted by Gasteiger charge is -2.14. The van der Waals surface area contributed by atoms with Crippen LogP contribution < -0.4 is 16.4 Å². The van der Waals surface area contributed by atoms with Gasteiger partial charge in [-0.1, -0.05) is 29.8 Å². The molecule has 0 aliphatic carbocycles. The Hall–Kier alpha value is -2.29. The van der Waals surface area contributed by atoms with E-state index in [2.05, 4.69) is 42.0 Å². The first-order valence-corrected chi connectivity index (χ1v) is 8.99. The van der Waals surface area contributed by atoms with Gasteiger partial charge in [0.25, 0.3) is 0 Å². The predicted molar refractivity (Wildman–Crippen MR) is 111 cm³/mol. The third kappa shape index (κ3) is 5.91. The van der Waals surface area contributed by atoms with E-state index in [1.807, 2.05) is 26.2 Å². The van der Waals surface area contributed by atoms with Gasteiger partial charge in [0.2, 0.25) is 5.95 Å². The number of rotatable bonds is 8. The topological polar surface area (TPSA) is 91.5 Å². The molecule has 138 valence electrons. The van der Waals surface area contributed by atoms with Crippen LogP contribution in [0.15, 0.2) is 52.2 Å². The van der Waals surface area contributed by atoms with E-state index >= 15 is 0 Å². The van der Waals surface area contributed by atoms with Crippen LogP contribution >= 0.6 is 23.5 Å². The van der Waals surface area contributed by atoms with Crippen molar-refractivity contribution in [1.29, 1.82) is 0 Å². The smallest absolute Gasteiger partial charge is 0.229 e. The van der Waals surface area contributed by atoms with Gasteiger partial charge in [0.05, 0.1) is 11.9 Å². The Morgan fingerprint density at radius 3 is 2.85 bits per heavy atom. The first-order chi connectivity index (χ1) is 12.5. The largest absolute Gasteiger partial charge is 0.403 e. The van der Waals surface area contributed by atoms with Crippen molar-refractivity contribution in [3.8, 4) is 0 Å². The summed E-state index contributed by atoms with van der Waals surface area (Å²) >= 11 is 7.89.